The van der Waals surface area contributed by atoms with E-state index in [2.05, 4.69) is 19.2 Å². The summed E-state index contributed by atoms with van der Waals surface area (Å²) in [6.07, 6.45) is 1.04. The average Bonchev–Trinajstić information content (AvgIpc) is 2.95. The van der Waals surface area contributed by atoms with E-state index in [9.17, 15) is 4.39 Å². The molecule has 0 spiro atoms. The maximum Gasteiger partial charge on any atom is 0.128 e. The maximum absolute atomic E-state index is 13.8. The highest BCUT2D eigenvalue weighted by atomic mass is 19.1. The van der Waals surface area contributed by atoms with Crippen LogP contribution in [-0.4, -0.2) is 26.4 Å². The lowest BCUT2D eigenvalue weighted by atomic mass is 10.1. The van der Waals surface area contributed by atoms with E-state index >= 15 is 0 Å². The van der Waals surface area contributed by atoms with Crippen LogP contribution in [0.2, 0.25) is 0 Å². The molecule has 0 saturated carbocycles. The molecular weight excluding hydrogens is 269 g/mol. The molecule has 1 fully saturated rings. The Morgan fingerprint density at radius 3 is 3.00 bits per heavy atom. The van der Waals surface area contributed by atoms with Crippen LogP contribution in [0.15, 0.2) is 18.2 Å². The molecule has 1 heterocycles. The SMILES string of the molecule is CC(C)CNCc1ccc(F)c(COCC2CCOC2)c1. The topological polar surface area (TPSA) is 30.5 Å². The van der Waals surface area contributed by atoms with Crippen LogP contribution in [-0.2, 0) is 22.6 Å². The van der Waals surface area contributed by atoms with Gasteiger partial charge in [0.25, 0.3) is 0 Å². The van der Waals surface area contributed by atoms with Crippen molar-refractivity contribution in [2.45, 2.75) is 33.4 Å². The molecule has 4 heteroatoms. The Hall–Kier alpha value is -0.970. The molecule has 1 aromatic rings. The van der Waals surface area contributed by atoms with Crippen molar-refractivity contribution in [3.63, 3.8) is 0 Å². The fraction of sp³-hybridized carbons (Fsp3) is 0.647. The molecule has 1 aliphatic rings. The summed E-state index contributed by atoms with van der Waals surface area (Å²) in [6, 6.07) is 5.26. The van der Waals surface area contributed by atoms with Gasteiger partial charge in [-0.3, -0.25) is 0 Å². The molecule has 0 aromatic heterocycles. The first-order valence-electron chi connectivity index (χ1n) is 7.78. The molecule has 1 saturated heterocycles. The highest BCUT2D eigenvalue weighted by molar-refractivity contribution is 5.24. The van der Waals surface area contributed by atoms with Crippen LogP contribution in [0.1, 0.15) is 31.4 Å². The third kappa shape index (κ3) is 5.73. The number of ether oxygens (including phenoxy) is 2. The average molecular weight is 295 g/mol. The zero-order valence-corrected chi connectivity index (χ0v) is 13.0. The van der Waals surface area contributed by atoms with Crippen LogP contribution < -0.4 is 5.32 Å². The Labute approximate surface area is 126 Å². The lowest BCUT2D eigenvalue weighted by Gasteiger charge is -2.11. The molecule has 0 aliphatic carbocycles. The van der Waals surface area contributed by atoms with E-state index in [0.717, 1.165) is 38.3 Å². The van der Waals surface area contributed by atoms with E-state index in [1.807, 2.05) is 12.1 Å². The van der Waals surface area contributed by atoms with Crippen LogP contribution in [0.4, 0.5) is 4.39 Å². The Kier molecular flexibility index (Phi) is 6.61. The first-order valence-corrected chi connectivity index (χ1v) is 7.78. The van der Waals surface area contributed by atoms with Gasteiger partial charge in [0.1, 0.15) is 5.82 Å². The van der Waals surface area contributed by atoms with E-state index in [1.54, 1.807) is 0 Å². The van der Waals surface area contributed by atoms with Gasteiger partial charge in [-0.25, -0.2) is 4.39 Å². The fourth-order valence-electron chi connectivity index (χ4n) is 2.40. The largest absolute Gasteiger partial charge is 0.381 e. The van der Waals surface area contributed by atoms with Crippen LogP contribution in [0.5, 0.6) is 0 Å². The van der Waals surface area contributed by atoms with Crippen molar-refractivity contribution in [3.05, 3.63) is 35.1 Å². The van der Waals surface area contributed by atoms with Gasteiger partial charge in [0.2, 0.25) is 0 Å². The second-order valence-corrected chi connectivity index (χ2v) is 6.20. The van der Waals surface area contributed by atoms with Gasteiger partial charge in [-0.05, 0) is 36.6 Å². The summed E-state index contributed by atoms with van der Waals surface area (Å²) >= 11 is 0. The Bertz CT molecular complexity index is 431. The van der Waals surface area contributed by atoms with Gasteiger partial charge in [-0.15, -0.1) is 0 Å². The first kappa shape index (κ1) is 16.4. The van der Waals surface area contributed by atoms with Gasteiger partial charge < -0.3 is 14.8 Å². The molecule has 21 heavy (non-hydrogen) atoms. The Morgan fingerprint density at radius 2 is 2.29 bits per heavy atom. The van der Waals surface area contributed by atoms with Crippen LogP contribution in [0.3, 0.4) is 0 Å². The predicted molar refractivity (Wildman–Crippen MR) is 81.5 cm³/mol. The molecular formula is C17H26FNO2. The summed E-state index contributed by atoms with van der Waals surface area (Å²) in [4.78, 5) is 0. The summed E-state index contributed by atoms with van der Waals surface area (Å²) in [7, 11) is 0. The lowest BCUT2D eigenvalue weighted by Crippen LogP contribution is -2.19. The lowest BCUT2D eigenvalue weighted by molar-refractivity contribution is 0.0775. The van der Waals surface area contributed by atoms with Crippen molar-refractivity contribution < 1.29 is 13.9 Å². The van der Waals surface area contributed by atoms with E-state index in [-0.39, 0.29) is 5.82 Å². The van der Waals surface area contributed by atoms with Crippen LogP contribution in [0, 0.1) is 17.7 Å². The Balaban J connectivity index is 1.80. The van der Waals surface area contributed by atoms with Crippen molar-refractivity contribution in [1.29, 1.82) is 0 Å². The third-order valence-electron chi connectivity index (χ3n) is 3.63. The minimum absolute atomic E-state index is 0.190. The van der Waals surface area contributed by atoms with Crippen LogP contribution in [0.25, 0.3) is 0 Å². The molecule has 1 aromatic carbocycles. The monoisotopic (exact) mass is 295 g/mol. The van der Waals surface area contributed by atoms with Crippen LogP contribution >= 0.6 is 0 Å². The van der Waals surface area contributed by atoms with Crippen molar-refractivity contribution in [3.8, 4) is 0 Å². The molecule has 1 atom stereocenters. The number of rotatable bonds is 8. The summed E-state index contributed by atoms with van der Waals surface area (Å²) in [5, 5.41) is 3.37. The maximum atomic E-state index is 13.8. The van der Waals surface area contributed by atoms with Gasteiger partial charge in [0.05, 0.1) is 19.8 Å². The van der Waals surface area contributed by atoms with Crippen molar-refractivity contribution in [2.75, 3.05) is 26.4 Å². The van der Waals surface area contributed by atoms with E-state index in [1.165, 1.54) is 6.07 Å². The fourth-order valence-corrected chi connectivity index (χ4v) is 2.40. The minimum atomic E-state index is -0.190. The molecule has 1 aliphatic heterocycles. The number of nitrogens with one attached hydrogen (secondary N) is 1. The second-order valence-electron chi connectivity index (χ2n) is 6.20. The number of hydrogen-bond donors (Lipinski definition) is 1. The quantitative estimate of drug-likeness (QED) is 0.799. The highest BCUT2D eigenvalue weighted by Crippen LogP contribution is 2.16. The summed E-state index contributed by atoms with van der Waals surface area (Å²) in [5.41, 5.74) is 1.73. The summed E-state index contributed by atoms with van der Waals surface area (Å²) in [5.74, 6) is 0.885. The molecule has 118 valence electrons. The zero-order valence-electron chi connectivity index (χ0n) is 13.0. The molecule has 0 amide bonds. The smallest absolute Gasteiger partial charge is 0.128 e. The summed E-state index contributed by atoms with van der Waals surface area (Å²) < 4.78 is 24.7. The minimum Gasteiger partial charge on any atom is -0.381 e. The van der Waals surface area contributed by atoms with E-state index < -0.39 is 0 Å². The summed E-state index contributed by atoms with van der Waals surface area (Å²) in [6.45, 7) is 8.64. The van der Waals surface area contributed by atoms with Crippen molar-refractivity contribution in [2.24, 2.45) is 11.8 Å². The normalized spacial score (nSPS) is 18.6. The van der Waals surface area contributed by atoms with Gasteiger partial charge in [-0.2, -0.15) is 0 Å². The van der Waals surface area contributed by atoms with Crippen molar-refractivity contribution >= 4 is 0 Å². The molecule has 0 radical (unpaired) electrons. The van der Waals surface area contributed by atoms with Gasteiger partial charge in [0, 0.05) is 24.6 Å². The number of hydrogen-bond acceptors (Lipinski definition) is 3. The van der Waals surface area contributed by atoms with E-state index in [0.29, 0.717) is 30.6 Å². The molecule has 2 rings (SSSR count). The number of benzene rings is 1. The molecule has 1 unspecified atom stereocenters. The van der Waals surface area contributed by atoms with Crippen molar-refractivity contribution in [1.82, 2.24) is 5.32 Å². The predicted octanol–water partition coefficient (Wildman–Crippen LogP) is 3.12. The van der Waals surface area contributed by atoms with Gasteiger partial charge in [0.15, 0.2) is 0 Å². The van der Waals surface area contributed by atoms with Gasteiger partial charge in [-0.1, -0.05) is 19.9 Å². The highest BCUT2D eigenvalue weighted by Gasteiger charge is 2.15. The molecule has 1 N–H and O–H groups in total. The van der Waals surface area contributed by atoms with Gasteiger partial charge >= 0.3 is 0 Å². The van der Waals surface area contributed by atoms with E-state index in [4.69, 9.17) is 9.47 Å². The molecule has 3 nitrogen and oxygen atoms in total. The standard InChI is InChI=1S/C17H26FNO2/c1-13(2)8-19-9-14-3-4-17(18)16(7-14)12-21-11-15-5-6-20-10-15/h3-4,7,13,15,19H,5-6,8-12H2,1-2H3. The second kappa shape index (κ2) is 8.47. The number of halogens is 1. The Morgan fingerprint density at radius 1 is 1.43 bits per heavy atom. The third-order valence-corrected chi connectivity index (χ3v) is 3.63. The molecule has 0 bridgehead atoms. The first-order chi connectivity index (χ1) is 10.1. The zero-order chi connectivity index (χ0) is 15.1.